The van der Waals surface area contributed by atoms with Crippen molar-refractivity contribution in [1.29, 1.82) is 0 Å². The monoisotopic (exact) mass is 333 g/mol. The van der Waals surface area contributed by atoms with Crippen molar-refractivity contribution in [3.05, 3.63) is 40.9 Å². The maximum Gasteiger partial charge on any atom is 0.351 e. The van der Waals surface area contributed by atoms with E-state index in [0.29, 0.717) is 11.3 Å². The summed E-state index contributed by atoms with van der Waals surface area (Å²) in [5.74, 6) is 0.749. The van der Waals surface area contributed by atoms with E-state index in [2.05, 4.69) is 4.98 Å². The van der Waals surface area contributed by atoms with Gasteiger partial charge in [0.05, 0.1) is 19.8 Å². The molecule has 0 amide bonds. The number of anilines is 1. The zero-order valence-electron chi connectivity index (χ0n) is 13.1. The predicted molar refractivity (Wildman–Crippen MR) is 86.5 cm³/mol. The first-order chi connectivity index (χ1) is 11.5. The van der Waals surface area contributed by atoms with Crippen LogP contribution in [0.3, 0.4) is 0 Å². The molecule has 0 saturated carbocycles. The molecule has 3 rings (SSSR count). The lowest BCUT2D eigenvalue weighted by atomic mass is 10.1. The number of ether oxygens (including phenoxy) is 2. The first-order valence-corrected chi connectivity index (χ1v) is 7.51. The summed E-state index contributed by atoms with van der Waals surface area (Å²) in [6.07, 6.45) is -0.531. The fraction of sp³-hybridized carbons (Fsp3) is 0.375. The van der Waals surface area contributed by atoms with E-state index in [0.717, 1.165) is 5.56 Å². The maximum atomic E-state index is 12.2. The third-order valence-corrected chi connectivity index (χ3v) is 4.06. The maximum absolute atomic E-state index is 12.2. The number of hydrogen-bond acceptors (Lipinski definition) is 7. The summed E-state index contributed by atoms with van der Waals surface area (Å²) in [6, 6.07) is 7.21. The molecular weight excluding hydrogens is 314 g/mol. The molecule has 1 aliphatic heterocycles. The number of methoxy groups -OCH3 is 1. The lowest BCUT2D eigenvalue weighted by Gasteiger charge is -2.16. The summed E-state index contributed by atoms with van der Waals surface area (Å²) in [7, 11) is 1.56. The highest BCUT2D eigenvalue weighted by Crippen LogP contribution is 2.31. The molecule has 4 N–H and O–H groups in total. The van der Waals surface area contributed by atoms with Gasteiger partial charge in [-0.25, -0.2) is 4.79 Å². The Bertz CT molecular complexity index is 792. The molecule has 0 radical (unpaired) electrons. The van der Waals surface area contributed by atoms with Crippen molar-refractivity contribution in [2.45, 2.75) is 24.9 Å². The van der Waals surface area contributed by atoms with Gasteiger partial charge in [0, 0.05) is 18.2 Å². The van der Waals surface area contributed by atoms with Gasteiger partial charge in [-0.1, -0.05) is 12.1 Å². The van der Waals surface area contributed by atoms with Gasteiger partial charge < -0.3 is 25.4 Å². The van der Waals surface area contributed by atoms with E-state index < -0.39 is 24.1 Å². The fourth-order valence-electron chi connectivity index (χ4n) is 2.75. The number of nitrogens with zero attached hydrogens (tertiary/aromatic N) is 2. The van der Waals surface area contributed by atoms with Crippen LogP contribution in [0.5, 0.6) is 5.75 Å². The molecule has 1 saturated heterocycles. The fourth-order valence-corrected chi connectivity index (χ4v) is 2.75. The molecule has 0 spiro atoms. The smallest absolute Gasteiger partial charge is 0.351 e. The molecule has 8 heteroatoms. The number of hydrogen-bond donors (Lipinski definition) is 3. The van der Waals surface area contributed by atoms with Crippen LogP contribution in [0.25, 0.3) is 11.1 Å². The number of aliphatic hydroxyl groups excluding tert-OH is 2. The highest BCUT2D eigenvalue weighted by molar-refractivity contribution is 5.73. The molecule has 8 nitrogen and oxygen atoms in total. The quantitative estimate of drug-likeness (QED) is 0.728. The average molecular weight is 333 g/mol. The van der Waals surface area contributed by atoms with Gasteiger partial charge in [0.15, 0.2) is 0 Å². The van der Waals surface area contributed by atoms with E-state index in [1.165, 1.54) is 4.57 Å². The standard InChI is InChI=1S/C16H19N3O5/c1-23-10-4-2-3-9(5-10)11-7-19(16(22)18-15(11)17)14-6-12(21)13(8-20)24-14/h2-5,7,12-14,20-21H,6,8H2,1H3,(H2,17,18,22)/t12-,13+,14+/m0/s1. The SMILES string of the molecule is COc1cccc(-c2cn([C@H]3C[C@H](O)[C@@H](CO)O3)c(=O)nc2N)c1. The number of aliphatic hydroxyl groups is 2. The molecule has 2 heterocycles. The topological polar surface area (TPSA) is 120 Å². The molecule has 1 aromatic carbocycles. The minimum absolute atomic E-state index is 0.0988. The molecule has 1 fully saturated rings. The van der Waals surface area contributed by atoms with Crippen molar-refractivity contribution < 1.29 is 19.7 Å². The summed E-state index contributed by atoms with van der Waals surface area (Å²) >= 11 is 0. The van der Waals surface area contributed by atoms with Gasteiger partial charge in [0.2, 0.25) is 0 Å². The van der Waals surface area contributed by atoms with Gasteiger partial charge in [-0.3, -0.25) is 4.57 Å². The number of rotatable bonds is 4. The Morgan fingerprint density at radius 3 is 2.96 bits per heavy atom. The van der Waals surface area contributed by atoms with Crippen LogP contribution in [0.1, 0.15) is 12.6 Å². The van der Waals surface area contributed by atoms with Gasteiger partial charge in [0.25, 0.3) is 0 Å². The Hall–Kier alpha value is -2.42. The zero-order chi connectivity index (χ0) is 17.3. The number of nitrogen functional groups attached to an aromatic ring is 1. The lowest BCUT2D eigenvalue weighted by molar-refractivity contribution is -0.0458. The van der Waals surface area contributed by atoms with E-state index in [9.17, 15) is 15.0 Å². The Kier molecular flexibility index (Phi) is 4.52. The van der Waals surface area contributed by atoms with Gasteiger partial charge in [-0.15, -0.1) is 0 Å². The van der Waals surface area contributed by atoms with E-state index in [-0.39, 0.29) is 18.8 Å². The highest BCUT2D eigenvalue weighted by Gasteiger charge is 2.35. The Morgan fingerprint density at radius 1 is 1.50 bits per heavy atom. The van der Waals surface area contributed by atoms with Crippen molar-refractivity contribution in [3.8, 4) is 16.9 Å². The van der Waals surface area contributed by atoms with Gasteiger partial charge in [0.1, 0.15) is 23.9 Å². The molecule has 1 aromatic heterocycles. The van der Waals surface area contributed by atoms with Crippen molar-refractivity contribution in [2.24, 2.45) is 0 Å². The van der Waals surface area contributed by atoms with Crippen molar-refractivity contribution in [1.82, 2.24) is 9.55 Å². The minimum atomic E-state index is -0.843. The van der Waals surface area contributed by atoms with Crippen LogP contribution in [-0.2, 0) is 4.74 Å². The second kappa shape index (κ2) is 6.60. The van der Waals surface area contributed by atoms with E-state index in [1.54, 1.807) is 31.5 Å². The van der Waals surface area contributed by atoms with Crippen molar-refractivity contribution >= 4 is 5.82 Å². The predicted octanol–water partition coefficient (Wildman–Crippen LogP) is 0.142. The molecule has 0 unspecified atom stereocenters. The number of aromatic nitrogens is 2. The molecule has 24 heavy (non-hydrogen) atoms. The molecule has 128 valence electrons. The van der Waals surface area contributed by atoms with Crippen LogP contribution >= 0.6 is 0 Å². The van der Waals surface area contributed by atoms with Crippen LogP contribution in [0.4, 0.5) is 5.82 Å². The molecule has 0 aliphatic carbocycles. The number of benzene rings is 1. The molecular formula is C16H19N3O5. The van der Waals surface area contributed by atoms with Crippen LogP contribution in [0.15, 0.2) is 35.3 Å². The normalized spacial score (nSPS) is 23.4. The lowest BCUT2D eigenvalue weighted by Crippen LogP contribution is -2.28. The average Bonchev–Trinajstić information content (AvgIpc) is 2.95. The van der Waals surface area contributed by atoms with Crippen molar-refractivity contribution in [3.63, 3.8) is 0 Å². The third kappa shape index (κ3) is 2.99. The first-order valence-electron chi connectivity index (χ1n) is 7.51. The van der Waals surface area contributed by atoms with E-state index >= 15 is 0 Å². The summed E-state index contributed by atoms with van der Waals surface area (Å²) < 4.78 is 12.0. The Morgan fingerprint density at radius 2 is 2.29 bits per heavy atom. The minimum Gasteiger partial charge on any atom is -0.497 e. The summed E-state index contributed by atoms with van der Waals surface area (Å²) in [5, 5.41) is 19.0. The summed E-state index contributed by atoms with van der Waals surface area (Å²) in [6.45, 7) is -0.322. The summed E-state index contributed by atoms with van der Waals surface area (Å²) in [5.41, 5.74) is 6.62. The van der Waals surface area contributed by atoms with Gasteiger partial charge in [-0.2, -0.15) is 4.98 Å². The van der Waals surface area contributed by atoms with Gasteiger partial charge in [-0.05, 0) is 17.7 Å². The van der Waals surface area contributed by atoms with Crippen molar-refractivity contribution in [2.75, 3.05) is 19.5 Å². The van der Waals surface area contributed by atoms with Crippen LogP contribution in [-0.4, -0.2) is 45.7 Å². The largest absolute Gasteiger partial charge is 0.497 e. The van der Waals surface area contributed by atoms with Crippen LogP contribution in [0, 0.1) is 0 Å². The zero-order valence-corrected chi connectivity index (χ0v) is 13.1. The van der Waals surface area contributed by atoms with E-state index in [1.807, 2.05) is 6.07 Å². The van der Waals surface area contributed by atoms with E-state index in [4.69, 9.17) is 15.2 Å². The molecule has 3 atom stereocenters. The van der Waals surface area contributed by atoms with Crippen LogP contribution in [0.2, 0.25) is 0 Å². The van der Waals surface area contributed by atoms with Crippen LogP contribution < -0.4 is 16.2 Å². The number of nitrogens with two attached hydrogens (primary N) is 1. The van der Waals surface area contributed by atoms with Gasteiger partial charge >= 0.3 is 5.69 Å². The second-order valence-corrected chi connectivity index (χ2v) is 5.58. The third-order valence-electron chi connectivity index (χ3n) is 4.06. The highest BCUT2D eigenvalue weighted by atomic mass is 16.5. The molecule has 1 aliphatic rings. The molecule has 2 aromatic rings. The summed E-state index contributed by atoms with van der Waals surface area (Å²) in [4.78, 5) is 16.0. The Balaban J connectivity index is 2.02. The first kappa shape index (κ1) is 16.4. The molecule has 0 bridgehead atoms. The second-order valence-electron chi connectivity index (χ2n) is 5.58. The Labute approximate surface area is 138 Å².